The molecule has 4 rings (SSSR count). The number of nitrogens with zero attached hydrogens (tertiary/aromatic N) is 3. The smallest absolute Gasteiger partial charge is 0.267 e. The molecule has 1 aromatic heterocycles. The lowest BCUT2D eigenvalue weighted by Crippen LogP contribution is -2.33. The molecule has 0 bridgehead atoms. The third-order valence-electron chi connectivity index (χ3n) is 3.91. The maximum atomic E-state index is 12.4. The van der Waals surface area contributed by atoms with E-state index in [1.165, 1.54) is 18.4 Å². The summed E-state index contributed by atoms with van der Waals surface area (Å²) in [6.45, 7) is 2.69. The summed E-state index contributed by atoms with van der Waals surface area (Å²) >= 11 is 0. The zero-order chi connectivity index (χ0) is 13.0. The largest absolute Gasteiger partial charge is 0.273 e. The van der Waals surface area contributed by atoms with Gasteiger partial charge in [-0.05, 0) is 31.4 Å². The van der Waals surface area contributed by atoms with Crippen LogP contribution >= 0.6 is 0 Å². The molecule has 0 radical (unpaired) electrons. The number of hydrogen-bond acceptors (Lipinski definition) is 2. The fraction of sp³-hybridized carbons (Fsp3) is 0.333. The van der Waals surface area contributed by atoms with Crippen LogP contribution in [0.15, 0.2) is 30.7 Å². The van der Waals surface area contributed by atoms with E-state index in [-0.39, 0.29) is 5.91 Å². The third-order valence-corrected chi connectivity index (χ3v) is 3.91. The molecule has 4 nitrogen and oxygen atoms in total. The third kappa shape index (κ3) is 1.67. The Morgan fingerprint density at radius 3 is 2.95 bits per heavy atom. The number of carbonyl (C=O) groups is 1. The van der Waals surface area contributed by atoms with E-state index in [4.69, 9.17) is 0 Å². The minimum Gasteiger partial charge on any atom is -0.267 e. The lowest BCUT2D eigenvalue weighted by atomic mass is 10.1. The van der Waals surface area contributed by atoms with Gasteiger partial charge in [0.1, 0.15) is 6.33 Å². The summed E-state index contributed by atoms with van der Waals surface area (Å²) in [5.41, 5.74) is 4.22. The van der Waals surface area contributed by atoms with Crippen molar-refractivity contribution in [3.8, 4) is 0 Å². The first-order valence-corrected chi connectivity index (χ1v) is 6.68. The van der Waals surface area contributed by atoms with Crippen molar-refractivity contribution < 1.29 is 4.79 Å². The molecule has 2 heterocycles. The summed E-state index contributed by atoms with van der Waals surface area (Å²) in [4.78, 5) is 16.8. The first-order chi connectivity index (χ1) is 9.22. The van der Waals surface area contributed by atoms with Crippen LogP contribution in [-0.4, -0.2) is 15.6 Å². The van der Waals surface area contributed by atoms with Gasteiger partial charge in [0.05, 0.1) is 18.4 Å². The molecule has 1 aromatic carbocycles. The van der Waals surface area contributed by atoms with Crippen LogP contribution in [0, 0.1) is 6.92 Å². The first kappa shape index (κ1) is 10.8. The van der Waals surface area contributed by atoms with Gasteiger partial charge in [0.25, 0.3) is 5.91 Å². The molecule has 1 amide bonds. The second-order valence-electron chi connectivity index (χ2n) is 5.48. The second-order valence-corrected chi connectivity index (χ2v) is 5.48. The number of imidazole rings is 1. The Hall–Kier alpha value is -2.10. The summed E-state index contributed by atoms with van der Waals surface area (Å²) in [6, 6.07) is 6.00. The molecule has 2 aliphatic rings. The number of amides is 1. The van der Waals surface area contributed by atoms with Gasteiger partial charge in [-0.25, -0.2) is 14.7 Å². The molecule has 19 heavy (non-hydrogen) atoms. The molecule has 1 aliphatic carbocycles. The number of rotatable bonds is 2. The van der Waals surface area contributed by atoms with Crippen molar-refractivity contribution >= 4 is 5.91 Å². The Balaban J connectivity index is 1.68. The molecule has 0 saturated heterocycles. The molecule has 1 fully saturated rings. The van der Waals surface area contributed by atoms with Crippen LogP contribution in [0.4, 0.5) is 0 Å². The highest BCUT2D eigenvalue weighted by atomic mass is 16.2. The minimum absolute atomic E-state index is 0.0646. The molecule has 0 N–H and O–H groups in total. The number of fused-ring (bicyclic) bond motifs is 1. The van der Waals surface area contributed by atoms with Crippen LogP contribution < -0.4 is 5.01 Å². The maximum absolute atomic E-state index is 12.4. The van der Waals surface area contributed by atoms with Crippen molar-refractivity contribution in [3.05, 3.63) is 53.1 Å². The van der Waals surface area contributed by atoms with Crippen molar-refractivity contribution in [2.75, 3.05) is 5.01 Å². The topological polar surface area (TPSA) is 38.1 Å². The Labute approximate surface area is 111 Å². The molecule has 1 aliphatic heterocycles. The van der Waals surface area contributed by atoms with Crippen LogP contribution in [-0.2, 0) is 6.54 Å². The van der Waals surface area contributed by atoms with Gasteiger partial charge in [-0.15, -0.1) is 0 Å². The average Bonchev–Trinajstić information content (AvgIpc) is 3.04. The highest BCUT2D eigenvalue weighted by Gasteiger charge is 2.31. The van der Waals surface area contributed by atoms with Gasteiger partial charge >= 0.3 is 0 Å². The maximum Gasteiger partial charge on any atom is 0.273 e. The molecular weight excluding hydrogens is 238 g/mol. The standard InChI is InChI=1S/C15H15N3O/c1-10-2-5-13-12(6-10)7-18(15(13)19)17-8-14(16-9-17)11-3-4-11/h2,5-6,8-9,11H,3-4,7H2,1H3. The van der Waals surface area contributed by atoms with Crippen LogP contribution in [0.3, 0.4) is 0 Å². The fourth-order valence-corrected chi connectivity index (χ4v) is 2.67. The van der Waals surface area contributed by atoms with E-state index in [9.17, 15) is 4.79 Å². The number of aryl methyl sites for hydroxylation is 1. The summed E-state index contributed by atoms with van der Waals surface area (Å²) in [6.07, 6.45) is 6.20. The number of benzene rings is 1. The highest BCUT2D eigenvalue weighted by Crippen LogP contribution is 2.39. The lowest BCUT2D eigenvalue weighted by molar-refractivity contribution is 0.0970. The minimum atomic E-state index is 0.0646. The van der Waals surface area contributed by atoms with Gasteiger partial charge in [-0.3, -0.25) is 4.79 Å². The number of carbonyl (C=O) groups excluding carboxylic acids is 1. The number of hydrogen-bond donors (Lipinski definition) is 0. The molecule has 2 aromatic rings. The average molecular weight is 253 g/mol. The van der Waals surface area contributed by atoms with E-state index in [1.807, 2.05) is 23.0 Å². The Kier molecular flexibility index (Phi) is 2.10. The SMILES string of the molecule is Cc1ccc2c(c1)CN(n1cnc(C3CC3)c1)C2=O. The van der Waals surface area contributed by atoms with Gasteiger partial charge in [0, 0.05) is 11.5 Å². The van der Waals surface area contributed by atoms with Crippen molar-refractivity contribution in [2.45, 2.75) is 32.2 Å². The van der Waals surface area contributed by atoms with Crippen molar-refractivity contribution in [2.24, 2.45) is 0 Å². The van der Waals surface area contributed by atoms with E-state index >= 15 is 0 Å². The van der Waals surface area contributed by atoms with Crippen molar-refractivity contribution in [3.63, 3.8) is 0 Å². The van der Waals surface area contributed by atoms with Crippen LogP contribution in [0.2, 0.25) is 0 Å². The van der Waals surface area contributed by atoms with Crippen molar-refractivity contribution in [1.82, 2.24) is 9.66 Å². The predicted molar refractivity (Wildman–Crippen MR) is 71.6 cm³/mol. The van der Waals surface area contributed by atoms with Gasteiger partial charge in [-0.2, -0.15) is 0 Å². The molecule has 0 spiro atoms. The van der Waals surface area contributed by atoms with Crippen LogP contribution in [0.1, 0.15) is 45.9 Å². The van der Waals surface area contributed by atoms with E-state index in [1.54, 1.807) is 11.3 Å². The lowest BCUT2D eigenvalue weighted by Gasteiger charge is -2.15. The van der Waals surface area contributed by atoms with Crippen LogP contribution in [0.25, 0.3) is 0 Å². The summed E-state index contributed by atoms with van der Waals surface area (Å²) < 4.78 is 1.84. The number of aromatic nitrogens is 2. The zero-order valence-electron chi connectivity index (χ0n) is 10.8. The Morgan fingerprint density at radius 1 is 1.32 bits per heavy atom. The summed E-state index contributed by atoms with van der Waals surface area (Å²) in [7, 11) is 0. The first-order valence-electron chi connectivity index (χ1n) is 6.68. The van der Waals surface area contributed by atoms with Gasteiger partial charge in [0.2, 0.25) is 0 Å². The normalized spacial score (nSPS) is 17.9. The Bertz CT molecular complexity index is 670. The van der Waals surface area contributed by atoms with Crippen LogP contribution in [0.5, 0.6) is 0 Å². The van der Waals surface area contributed by atoms with Crippen molar-refractivity contribution in [1.29, 1.82) is 0 Å². The van der Waals surface area contributed by atoms with Gasteiger partial charge < -0.3 is 0 Å². The fourth-order valence-electron chi connectivity index (χ4n) is 2.67. The molecule has 1 saturated carbocycles. The second kappa shape index (κ2) is 3.70. The molecule has 96 valence electrons. The van der Waals surface area contributed by atoms with E-state index in [0.717, 1.165) is 16.8 Å². The molecule has 0 atom stereocenters. The van der Waals surface area contributed by atoms with E-state index < -0.39 is 0 Å². The zero-order valence-corrected chi connectivity index (χ0v) is 10.8. The van der Waals surface area contributed by atoms with E-state index in [0.29, 0.717) is 12.5 Å². The predicted octanol–water partition coefficient (Wildman–Crippen LogP) is 2.36. The molecular formula is C15H15N3O. The summed E-state index contributed by atoms with van der Waals surface area (Å²) in [5.74, 6) is 0.679. The molecule has 4 heteroatoms. The van der Waals surface area contributed by atoms with Gasteiger partial charge in [-0.1, -0.05) is 17.7 Å². The summed E-state index contributed by atoms with van der Waals surface area (Å²) in [5, 5.41) is 1.75. The van der Waals surface area contributed by atoms with Gasteiger partial charge in [0.15, 0.2) is 0 Å². The Morgan fingerprint density at radius 2 is 2.16 bits per heavy atom. The van der Waals surface area contributed by atoms with E-state index in [2.05, 4.69) is 18.0 Å². The monoisotopic (exact) mass is 253 g/mol. The highest BCUT2D eigenvalue weighted by molar-refractivity contribution is 6.05. The molecule has 0 unspecified atom stereocenters. The quantitative estimate of drug-likeness (QED) is 0.824.